The number of piperidine rings is 1. The Balaban J connectivity index is 1.82. The van der Waals surface area contributed by atoms with E-state index >= 15 is 0 Å². The normalized spacial score (nSPS) is 19.4. The first-order chi connectivity index (χ1) is 9.18. The lowest BCUT2D eigenvalue weighted by atomic mass is 10.0. The van der Waals surface area contributed by atoms with Gasteiger partial charge in [-0.2, -0.15) is 0 Å². The standard InChI is InChI=1S/C14H19NO3S/c16-13(8-3-5-11-6-4-10-19-11)15-9-2-1-7-12(15)14(17)18/h4,6,10,12H,1-3,5,7-9H2,(H,17,18)/t12-/m1/s1. The van der Waals surface area contributed by atoms with Crippen LogP contribution in [0.4, 0.5) is 0 Å². The molecule has 1 aliphatic heterocycles. The SMILES string of the molecule is O=C(O)[C@H]1CCCCN1C(=O)CCCc1cccs1. The van der Waals surface area contributed by atoms with E-state index in [0.717, 1.165) is 25.7 Å². The molecule has 104 valence electrons. The molecular weight excluding hydrogens is 262 g/mol. The maximum Gasteiger partial charge on any atom is 0.326 e. The molecule has 19 heavy (non-hydrogen) atoms. The fourth-order valence-corrected chi connectivity index (χ4v) is 3.25. The van der Waals surface area contributed by atoms with E-state index in [1.165, 1.54) is 4.88 Å². The number of carbonyl (C=O) groups excluding carboxylic acids is 1. The molecule has 1 aromatic rings. The molecular formula is C14H19NO3S. The van der Waals surface area contributed by atoms with Crippen LogP contribution in [0, 0.1) is 0 Å². The van der Waals surface area contributed by atoms with Crippen LogP contribution >= 0.6 is 11.3 Å². The first-order valence-corrected chi connectivity index (χ1v) is 7.61. The number of carboxylic acids is 1. The molecule has 1 saturated heterocycles. The molecule has 1 atom stereocenters. The summed E-state index contributed by atoms with van der Waals surface area (Å²) in [6.07, 6.45) is 4.54. The molecule has 2 heterocycles. The van der Waals surface area contributed by atoms with E-state index in [1.54, 1.807) is 16.2 Å². The van der Waals surface area contributed by atoms with Crippen LogP contribution in [0.5, 0.6) is 0 Å². The number of aliphatic carboxylic acids is 1. The third kappa shape index (κ3) is 3.80. The van der Waals surface area contributed by atoms with Crippen LogP contribution in [0.2, 0.25) is 0 Å². The summed E-state index contributed by atoms with van der Waals surface area (Å²) in [6, 6.07) is 3.46. The molecule has 0 saturated carbocycles. The van der Waals surface area contributed by atoms with E-state index in [-0.39, 0.29) is 5.91 Å². The highest BCUT2D eigenvalue weighted by atomic mass is 32.1. The van der Waals surface area contributed by atoms with Crippen LogP contribution < -0.4 is 0 Å². The highest BCUT2D eigenvalue weighted by Crippen LogP contribution is 2.19. The Morgan fingerprint density at radius 3 is 2.95 bits per heavy atom. The van der Waals surface area contributed by atoms with Crippen molar-refractivity contribution in [2.75, 3.05) is 6.54 Å². The summed E-state index contributed by atoms with van der Waals surface area (Å²) in [7, 11) is 0. The monoisotopic (exact) mass is 281 g/mol. The minimum Gasteiger partial charge on any atom is -0.480 e. The van der Waals surface area contributed by atoms with E-state index in [9.17, 15) is 9.59 Å². The fourth-order valence-electron chi connectivity index (χ4n) is 2.50. The number of carboxylic acid groups (broad SMARTS) is 1. The molecule has 0 bridgehead atoms. The highest BCUT2D eigenvalue weighted by Gasteiger charge is 2.31. The summed E-state index contributed by atoms with van der Waals surface area (Å²) in [5.41, 5.74) is 0. The van der Waals surface area contributed by atoms with Gasteiger partial charge in [0.25, 0.3) is 0 Å². The molecule has 5 heteroatoms. The number of likely N-dealkylation sites (tertiary alicyclic amines) is 1. The summed E-state index contributed by atoms with van der Waals surface area (Å²) in [5, 5.41) is 11.2. The van der Waals surface area contributed by atoms with Gasteiger partial charge in [0.1, 0.15) is 6.04 Å². The van der Waals surface area contributed by atoms with Gasteiger partial charge in [-0.15, -0.1) is 11.3 Å². The minimum atomic E-state index is -0.869. The minimum absolute atomic E-state index is 0.0105. The predicted octanol–water partition coefficient (Wildman–Crippen LogP) is 2.54. The van der Waals surface area contributed by atoms with Gasteiger partial charge in [0.05, 0.1) is 0 Å². The number of aryl methyl sites for hydroxylation is 1. The molecule has 1 N–H and O–H groups in total. The van der Waals surface area contributed by atoms with Crippen LogP contribution in [0.15, 0.2) is 17.5 Å². The lowest BCUT2D eigenvalue weighted by molar-refractivity contribution is -0.152. The topological polar surface area (TPSA) is 57.6 Å². The van der Waals surface area contributed by atoms with Crippen molar-refractivity contribution in [1.29, 1.82) is 0 Å². The van der Waals surface area contributed by atoms with E-state index in [0.29, 0.717) is 19.4 Å². The molecule has 4 nitrogen and oxygen atoms in total. The quantitative estimate of drug-likeness (QED) is 0.902. The van der Waals surface area contributed by atoms with Crippen LogP contribution in [-0.4, -0.2) is 34.5 Å². The third-order valence-electron chi connectivity index (χ3n) is 3.50. The number of hydrogen-bond donors (Lipinski definition) is 1. The molecule has 0 radical (unpaired) electrons. The zero-order valence-corrected chi connectivity index (χ0v) is 11.7. The smallest absolute Gasteiger partial charge is 0.326 e. The largest absolute Gasteiger partial charge is 0.480 e. The van der Waals surface area contributed by atoms with E-state index < -0.39 is 12.0 Å². The second-order valence-corrected chi connectivity index (χ2v) is 5.90. The Kier molecular flexibility index (Phi) is 4.96. The summed E-state index contributed by atoms with van der Waals surface area (Å²) in [4.78, 5) is 26.1. The predicted molar refractivity (Wildman–Crippen MR) is 74.2 cm³/mol. The molecule has 0 unspecified atom stereocenters. The Hall–Kier alpha value is -1.36. The Morgan fingerprint density at radius 1 is 1.42 bits per heavy atom. The Labute approximate surface area is 117 Å². The van der Waals surface area contributed by atoms with Crippen LogP contribution in [0.25, 0.3) is 0 Å². The highest BCUT2D eigenvalue weighted by molar-refractivity contribution is 7.09. The molecule has 0 aromatic carbocycles. The number of carbonyl (C=O) groups is 2. The lowest BCUT2D eigenvalue weighted by Gasteiger charge is -2.33. The second kappa shape index (κ2) is 6.70. The number of amides is 1. The zero-order chi connectivity index (χ0) is 13.7. The number of hydrogen-bond acceptors (Lipinski definition) is 3. The van der Waals surface area contributed by atoms with Gasteiger partial charge in [-0.3, -0.25) is 4.79 Å². The first kappa shape index (κ1) is 14.1. The van der Waals surface area contributed by atoms with Crippen molar-refractivity contribution in [3.63, 3.8) is 0 Å². The van der Waals surface area contributed by atoms with Gasteiger partial charge in [0, 0.05) is 17.8 Å². The van der Waals surface area contributed by atoms with Crippen molar-refractivity contribution in [2.45, 2.75) is 44.6 Å². The van der Waals surface area contributed by atoms with E-state index in [4.69, 9.17) is 5.11 Å². The number of thiophene rings is 1. The third-order valence-corrected chi connectivity index (χ3v) is 4.44. The number of nitrogens with zero attached hydrogens (tertiary/aromatic N) is 1. The van der Waals surface area contributed by atoms with Crippen molar-refractivity contribution < 1.29 is 14.7 Å². The van der Waals surface area contributed by atoms with Crippen molar-refractivity contribution in [3.8, 4) is 0 Å². The van der Waals surface area contributed by atoms with Gasteiger partial charge in [-0.1, -0.05) is 6.07 Å². The van der Waals surface area contributed by atoms with Gasteiger partial charge in [0.15, 0.2) is 0 Å². The molecule has 1 amide bonds. The second-order valence-electron chi connectivity index (χ2n) is 4.87. The lowest BCUT2D eigenvalue weighted by Crippen LogP contribution is -2.47. The summed E-state index contributed by atoms with van der Waals surface area (Å²) >= 11 is 1.70. The summed E-state index contributed by atoms with van der Waals surface area (Å²) in [5.74, 6) is -0.880. The van der Waals surface area contributed by atoms with Crippen LogP contribution in [0.1, 0.15) is 37.0 Å². The van der Waals surface area contributed by atoms with E-state index in [2.05, 4.69) is 6.07 Å². The maximum atomic E-state index is 12.1. The van der Waals surface area contributed by atoms with Gasteiger partial charge in [-0.25, -0.2) is 4.79 Å². The fraction of sp³-hybridized carbons (Fsp3) is 0.571. The first-order valence-electron chi connectivity index (χ1n) is 6.73. The van der Waals surface area contributed by atoms with Crippen molar-refractivity contribution in [1.82, 2.24) is 4.90 Å². The molecule has 0 aliphatic carbocycles. The van der Waals surface area contributed by atoms with Crippen LogP contribution in [0.3, 0.4) is 0 Å². The Bertz CT molecular complexity index is 430. The maximum absolute atomic E-state index is 12.1. The molecule has 1 aromatic heterocycles. The van der Waals surface area contributed by atoms with Gasteiger partial charge in [0.2, 0.25) is 5.91 Å². The van der Waals surface area contributed by atoms with Crippen molar-refractivity contribution >= 4 is 23.2 Å². The van der Waals surface area contributed by atoms with Crippen LogP contribution in [-0.2, 0) is 16.0 Å². The average Bonchev–Trinajstić information content (AvgIpc) is 2.91. The number of rotatable bonds is 5. The average molecular weight is 281 g/mol. The van der Waals surface area contributed by atoms with Crippen molar-refractivity contribution in [3.05, 3.63) is 22.4 Å². The van der Waals surface area contributed by atoms with E-state index in [1.807, 2.05) is 11.4 Å². The zero-order valence-electron chi connectivity index (χ0n) is 10.9. The van der Waals surface area contributed by atoms with Crippen molar-refractivity contribution in [2.24, 2.45) is 0 Å². The molecule has 0 spiro atoms. The Morgan fingerprint density at radius 2 is 2.26 bits per heavy atom. The summed E-state index contributed by atoms with van der Waals surface area (Å²) in [6.45, 7) is 0.592. The molecule has 1 fully saturated rings. The molecule has 1 aliphatic rings. The van der Waals surface area contributed by atoms with Gasteiger partial charge < -0.3 is 10.0 Å². The summed E-state index contributed by atoms with van der Waals surface area (Å²) < 4.78 is 0. The molecule has 2 rings (SSSR count). The van der Waals surface area contributed by atoms with Gasteiger partial charge >= 0.3 is 5.97 Å². The van der Waals surface area contributed by atoms with Gasteiger partial charge in [-0.05, 0) is 43.6 Å².